The Balaban J connectivity index is 2.08. The molecule has 0 amide bonds. The van der Waals surface area contributed by atoms with E-state index in [1.54, 1.807) is 23.9 Å². The molecule has 0 bridgehead atoms. The summed E-state index contributed by atoms with van der Waals surface area (Å²) in [5.74, 6) is -0.215. The maximum Gasteiger partial charge on any atom is 0.123 e. The maximum atomic E-state index is 13.1. The molecule has 3 aromatic carbocycles. The van der Waals surface area contributed by atoms with Crippen molar-refractivity contribution in [1.82, 2.24) is 0 Å². The topological polar surface area (TPSA) is 0 Å². The van der Waals surface area contributed by atoms with Gasteiger partial charge in [0.15, 0.2) is 0 Å². The molecule has 0 saturated heterocycles. The standard InChI is InChI=1S/C21H17FS/c1-23-20-13-9-18(10-14-20)21(17-5-3-2-4-6-17)15-16-7-11-19(22)12-8-16/h2-15H,1H3/b21-15-. The molecular formula is C21H17FS. The molecule has 3 aromatic rings. The summed E-state index contributed by atoms with van der Waals surface area (Å²) in [4.78, 5) is 1.24. The molecule has 0 unspecified atom stereocenters. The lowest BCUT2D eigenvalue weighted by molar-refractivity contribution is 0.628. The van der Waals surface area contributed by atoms with Gasteiger partial charge in [-0.25, -0.2) is 4.39 Å². The first kappa shape index (κ1) is 15.6. The van der Waals surface area contributed by atoms with Crippen molar-refractivity contribution in [3.05, 3.63) is 101 Å². The first-order chi connectivity index (χ1) is 11.3. The lowest BCUT2D eigenvalue weighted by Gasteiger charge is -2.10. The Bertz CT molecular complexity index is 788. The van der Waals surface area contributed by atoms with Gasteiger partial charge in [-0.2, -0.15) is 0 Å². The fraction of sp³-hybridized carbons (Fsp3) is 0.0476. The molecule has 0 radical (unpaired) electrons. The second kappa shape index (κ2) is 7.30. The molecule has 0 aromatic heterocycles. The Labute approximate surface area is 140 Å². The second-order valence-electron chi connectivity index (χ2n) is 5.20. The molecule has 0 fully saturated rings. The Morgan fingerprint density at radius 1 is 0.783 bits per heavy atom. The van der Waals surface area contributed by atoms with E-state index in [0.29, 0.717) is 0 Å². The van der Waals surface area contributed by atoms with E-state index in [1.165, 1.54) is 17.0 Å². The van der Waals surface area contributed by atoms with Crippen LogP contribution in [0.4, 0.5) is 4.39 Å². The van der Waals surface area contributed by atoms with Crippen LogP contribution >= 0.6 is 11.8 Å². The zero-order valence-corrected chi connectivity index (χ0v) is 13.7. The minimum absolute atomic E-state index is 0.215. The predicted octanol–water partition coefficient (Wildman–Crippen LogP) is 6.14. The van der Waals surface area contributed by atoms with E-state index in [4.69, 9.17) is 0 Å². The van der Waals surface area contributed by atoms with Crippen LogP contribution in [0.25, 0.3) is 11.6 Å². The monoisotopic (exact) mass is 320 g/mol. The van der Waals surface area contributed by atoms with Crippen molar-refractivity contribution >= 4 is 23.4 Å². The highest BCUT2D eigenvalue weighted by atomic mass is 32.2. The number of halogens is 1. The van der Waals surface area contributed by atoms with E-state index in [-0.39, 0.29) is 5.82 Å². The summed E-state index contributed by atoms with van der Waals surface area (Å²) in [7, 11) is 0. The summed E-state index contributed by atoms with van der Waals surface area (Å²) in [6.45, 7) is 0. The number of thioether (sulfide) groups is 1. The second-order valence-corrected chi connectivity index (χ2v) is 6.08. The Morgan fingerprint density at radius 3 is 2.00 bits per heavy atom. The third kappa shape index (κ3) is 3.91. The molecule has 23 heavy (non-hydrogen) atoms. The van der Waals surface area contributed by atoms with Gasteiger partial charge in [0.1, 0.15) is 5.82 Å². The van der Waals surface area contributed by atoms with Crippen molar-refractivity contribution in [3.63, 3.8) is 0 Å². The maximum absolute atomic E-state index is 13.1. The molecule has 0 N–H and O–H groups in total. The summed E-state index contributed by atoms with van der Waals surface area (Å²) >= 11 is 1.73. The summed E-state index contributed by atoms with van der Waals surface area (Å²) in [6.07, 6.45) is 4.17. The summed E-state index contributed by atoms with van der Waals surface area (Å²) in [5.41, 5.74) is 4.41. The molecule has 0 nitrogen and oxygen atoms in total. The van der Waals surface area contributed by atoms with Crippen LogP contribution in [0.2, 0.25) is 0 Å². The molecular weight excluding hydrogens is 303 g/mol. The summed E-state index contributed by atoms with van der Waals surface area (Å²) in [6, 6.07) is 25.4. The van der Waals surface area contributed by atoms with Crippen LogP contribution in [-0.2, 0) is 0 Å². The summed E-state index contributed by atoms with van der Waals surface area (Å²) < 4.78 is 13.1. The average Bonchev–Trinajstić information content (AvgIpc) is 2.62. The van der Waals surface area contributed by atoms with E-state index in [9.17, 15) is 4.39 Å². The zero-order chi connectivity index (χ0) is 16.1. The highest BCUT2D eigenvalue weighted by Gasteiger charge is 2.05. The van der Waals surface area contributed by atoms with E-state index in [2.05, 4.69) is 48.7 Å². The van der Waals surface area contributed by atoms with Gasteiger partial charge in [0.05, 0.1) is 0 Å². The van der Waals surface area contributed by atoms with Crippen LogP contribution in [0.3, 0.4) is 0 Å². The largest absolute Gasteiger partial charge is 0.207 e. The molecule has 0 aliphatic carbocycles. The SMILES string of the molecule is CSc1ccc(/C(=C\c2ccc(F)cc2)c2ccccc2)cc1. The van der Waals surface area contributed by atoms with E-state index in [0.717, 1.165) is 22.3 Å². The molecule has 0 heterocycles. The Kier molecular flexibility index (Phi) is 4.94. The van der Waals surface area contributed by atoms with Crippen LogP contribution < -0.4 is 0 Å². The molecule has 3 rings (SSSR count). The molecule has 0 saturated carbocycles. The normalized spacial score (nSPS) is 11.5. The van der Waals surface area contributed by atoms with E-state index >= 15 is 0 Å². The van der Waals surface area contributed by atoms with Crippen LogP contribution in [-0.4, -0.2) is 6.26 Å². The Morgan fingerprint density at radius 2 is 1.39 bits per heavy atom. The fourth-order valence-corrected chi connectivity index (χ4v) is 2.86. The van der Waals surface area contributed by atoms with Crippen molar-refractivity contribution in [2.75, 3.05) is 6.26 Å². The number of hydrogen-bond donors (Lipinski definition) is 0. The molecule has 0 spiro atoms. The molecule has 114 valence electrons. The summed E-state index contributed by atoms with van der Waals surface area (Å²) in [5, 5.41) is 0. The van der Waals surface area contributed by atoms with Crippen molar-refractivity contribution in [2.24, 2.45) is 0 Å². The van der Waals surface area contributed by atoms with Gasteiger partial charge >= 0.3 is 0 Å². The van der Waals surface area contributed by atoms with Crippen LogP contribution in [0.1, 0.15) is 16.7 Å². The van der Waals surface area contributed by atoms with Gasteiger partial charge < -0.3 is 0 Å². The van der Waals surface area contributed by atoms with E-state index in [1.807, 2.05) is 18.2 Å². The van der Waals surface area contributed by atoms with Crippen LogP contribution in [0, 0.1) is 5.82 Å². The Hall–Kier alpha value is -2.32. The number of benzene rings is 3. The minimum Gasteiger partial charge on any atom is -0.207 e. The lowest BCUT2D eigenvalue weighted by atomic mass is 9.96. The van der Waals surface area contributed by atoms with E-state index < -0.39 is 0 Å². The van der Waals surface area contributed by atoms with Gasteiger partial charge in [-0.3, -0.25) is 0 Å². The van der Waals surface area contributed by atoms with Gasteiger partial charge in [-0.15, -0.1) is 11.8 Å². The third-order valence-electron chi connectivity index (χ3n) is 3.67. The smallest absolute Gasteiger partial charge is 0.123 e. The molecule has 0 aliphatic heterocycles. The van der Waals surface area contributed by atoms with Crippen LogP contribution in [0.15, 0.2) is 83.8 Å². The lowest BCUT2D eigenvalue weighted by Crippen LogP contribution is -1.88. The van der Waals surface area contributed by atoms with Crippen molar-refractivity contribution in [1.29, 1.82) is 0 Å². The van der Waals surface area contributed by atoms with Gasteiger partial charge in [-0.1, -0.05) is 54.6 Å². The van der Waals surface area contributed by atoms with Crippen molar-refractivity contribution < 1.29 is 4.39 Å². The van der Waals surface area contributed by atoms with Crippen molar-refractivity contribution in [2.45, 2.75) is 4.90 Å². The van der Waals surface area contributed by atoms with Crippen LogP contribution in [0.5, 0.6) is 0 Å². The van der Waals surface area contributed by atoms with Gasteiger partial charge in [0.25, 0.3) is 0 Å². The first-order valence-corrected chi connectivity index (χ1v) is 8.66. The predicted molar refractivity (Wildman–Crippen MR) is 98.0 cm³/mol. The number of hydrogen-bond acceptors (Lipinski definition) is 1. The highest BCUT2D eigenvalue weighted by Crippen LogP contribution is 2.27. The third-order valence-corrected chi connectivity index (χ3v) is 4.41. The van der Waals surface area contributed by atoms with Crippen molar-refractivity contribution in [3.8, 4) is 0 Å². The zero-order valence-electron chi connectivity index (χ0n) is 12.9. The highest BCUT2D eigenvalue weighted by molar-refractivity contribution is 7.98. The number of rotatable bonds is 4. The fourth-order valence-electron chi connectivity index (χ4n) is 2.45. The quantitative estimate of drug-likeness (QED) is 0.411. The van der Waals surface area contributed by atoms with Gasteiger partial charge in [0.2, 0.25) is 0 Å². The molecule has 0 atom stereocenters. The molecule has 0 aliphatic rings. The van der Waals surface area contributed by atoms with Gasteiger partial charge in [0, 0.05) is 4.90 Å². The average molecular weight is 320 g/mol. The first-order valence-electron chi connectivity index (χ1n) is 7.43. The minimum atomic E-state index is -0.215. The molecule has 2 heteroatoms. The van der Waals surface area contributed by atoms with Gasteiger partial charge in [-0.05, 0) is 58.9 Å².